The Hall–Kier alpha value is -3.21. The Morgan fingerprint density at radius 1 is 0.900 bits per heavy atom. The minimum atomic E-state index is -1.49. The maximum atomic E-state index is 14.1. The Morgan fingerprint density at radius 3 is 2.33 bits per heavy atom. The fourth-order valence-electron chi connectivity index (χ4n) is 4.60. The molecule has 1 N–H and O–H groups in total. The van der Waals surface area contributed by atoms with E-state index < -0.39 is 17.5 Å². The van der Waals surface area contributed by atoms with Gasteiger partial charge in [0.15, 0.2) is 17.5 Å². The van der Waals surface area contributed by atoms with Gasteiger partial charge in [0.1, 0.15) is 11.5 Å². The summed E-state index contributed by atoms with van der Waals surface area (Å²) in [6, 6.07) is 13.5. The molecular formula is C25H20F3NO. The van der Waals surface area contributed by atoms with Crippen LogP contribution in [0.5, 0.6) is 5.75 Å². The quantitative estimate of drug-likeness (QED) is 0.568. The maximum Gasteiger partial charge on any atom is 0.194 e. The smallest absolute Gasteiger partial charge is 0.194 e. The first-order valence-electron chi connectivity index (χ1n) is 9.83. The van der Waals surface area contributed by atoms with Gasteiger partial charge in [0, 0.05) is 32.8 Å². The molecule has 0 aliphatic carbocycles. The third-order valence-electron chi connectivity index (χ3n) is 5.67. The van der Waals surface area contributed by atoms with Crippen molar-refractivity contribution < 1.29 is 17.9 Å². The van der Waals surface area contributed by atoms with E-state index >= 15 is 0 Å². The fourth-order valence-corrected chi connectivity index (χ4v) is 4.60. The summed E-state index contributed by atoms with van der Waals surface area (Å²) < 4.78 is 48.0. The van der Waals surface area contributed by atoms with Gasteiger partial charge in [0.2, 0.25) is 0 Å². The predicted octanol–water partition coefficient (Wildman–Crippen LogP) is 5.08. The van der Waals surface area contributed by atoms with Gasteiger partial charge in [-0.05, 0) is 57.0 Å². The van der Waals surface area contributed by atoms with E-state index in [1.54, 1.807) is 0 Å². The number of anilines is 1. The lowest BCUT2D eigenvalue weighted by atomic mass is 9.86. The average molecular weight is 407 g/mol. The van der Waals surface area contributed by atoms with E-state index in [4.69, 9.17) is 4.74 Å². The van der Waals surface area contributed by atoms with Crippen LogP contribution >= 0.6 is 0 Å². The summed E-state index contributed by atoms with van der Waals surface area (Å²) in [5.41, 5.74) is 3.94. The van der Waals surface area contributed by atoms with Crippen LogP contribution in [0.3, 0.4) is 0 Å². The number of benzene rings is 3. The highest BCUT2D eigenvalue weighted by Crippen LogP contribution is 2.36. The van der Waals surface area contributed by atoms with E-state index in [9.17, 15) is 13.2 Å². The van der Waals surface area contributed by atoms with Gasteiger partial charge < -0.3 is 10.1 Å². The highest BCUT2D eigenvalue weighted by atomic mass is 19.2. The second kappa shape index (κ2) is 6.39. The second-order valence-corrected chi connectivity index (χ2v) is 8.56. The summed E-state index contributed by atoms with van der Waals surface area (Å²) in [6.45, 7) is 6.31. The summed E-state index contributed by atoms with van der Waals surface area (Å²) >= 11 is 0. The fraction of sp³-hybridized carbons (Fsp3) is 0.200. The zero-order valence-electron chi connectivity index (χ0n) is 16.9. The number of fused-ring (bicyclic) bond motifs is 5. The topological polar surface area (TPSA) is 21.3 Å². The Morgan fingerprint density at radius 2 is 1.60 bits per heavy atom. The minimum absolute atomic E-state index is 0.118. The molecule has 0 aromatic heterocycles. The van der Waals surface area contributed by atoms with Crippen LogP contribution in [0.25, 0.3) is 22.5 Å². The number of para-hydroxylation sites is 1. The molecule has 2 aliphatic heterocycles. The maximum absolute atomic E-state index is 14.1. The number of ether oxygens (including phenoxy) is 1. The monoisotopic (exact) mass is 407 g/mol. The van der Waals surface area contributed by atoms with E-state index in [0.29, 0.717) is 11.5 Å². The Bertz CT molecular complexity index is 1320. The van der Waals surface area contributed by atoms with Crippen molar-refractivity contribution in [3.63, 3.8) is 0 Å². The van der Waals surface area contributed by atoms with Gasteiger partial charge in [0.25, 0.3) is 0 Å². The lowest BCUT2D eigenvalue weighted by Gasteiger charge is -2.34. The van der Waals surface area contributed by atoms with Crippen molar-refractivity contribution in [3.05, 3.63) is 82.0 Å². The van der Waals surface area contributed by atoms with Crippen LogP contribution in [0.15, 0.2) is 48.5 Å². The molecule has 2 aliphatic rings. The van der Waals surface area contributed by atoms with E-state index in [1.807, 2.05) is 36.4 Å². The molecule has 0 fully saturated rings. The molecule has 5 rings (SSSR count). The van der Waals surface area contributed by atoms with Crippen LogP contribution in [0, 0.1) is 17.5 Å². The SMILES string of the molecule is CC1=c2c(ccc3c2=C(c2cc(F)c(F)c(F)c2)Oc2ccccc2-3)NC(C)(C)C1. The van der Waals surface area contributed by atoms with Crippen LogP contribution in [0.2, 0.25) is 0 Å². The van der Waals surface area contributed by atoms with Gasteiger partial charge in [-0.1, -0.05) is 29.8 Å². The van der Waals surface area contributed by atoms with Crippen molar-refractivity contribution in [3.8, 4) is 16.9 Å². The molecule has 152 valence electrons. The first-order chi connectivity index (χ1) is 14.2. The van der Waals surface area contributed by atoms with Crippen molar-refractivity contribution in [2.75, 3.05) is 5.32 Å². The van der Waals surface area contributed by atoms with E-state index in [2.05, 4.69) is 26.1 Å². The van der Waals surface area contributed by atoms with Crippen molar-refractivity contribution in [2.24, 2.45) is 0 Å². The van der Waals surface area contributed by atoms with Crippen molar-refractivity contribution in [2.45, 2.75) is 32.7 Å². The molecule has 0 radical (unpaired) electrons. The van der Waals surface area contributed by atoms with E-state index in [1.165, 1.54) is 0 Å². The highest BCUT2D eigenvalue weighted by molar-refractivity contribution is 5.83. The molecule has 0 unspecified atom stereocenters. The normalized spacial score (nSPS) is 16.2. The summed E-state index contributed by atoms with van der Waals surface area (Å²) in [7, 11) is 0. The zero-order valence-corrected chi connectivity index (χ0v) is 16.9. The van der Waals surface area contributed by atoms with Crippen molar-refractivity contribution in [1.29, 1.82) is 0 Å². The molecular weight excluding hydrogens is 387 g/mol. The first-order valence-corrected chi connectivity index (χ1v) is 9.83. The van der Waals surface area contributed by atoms with Gasteiger partial charge in [0.05, 0.1) is 0 Å². The highest BCUT2D eigenvalue weighted by Gasteiger charge is 2.28. The second-order valence-electron chi connectivity index (χ2n) is 8.56. The molecule has 0 spiro atoms. The van der Waals surface area contributed by atoms with Gasteiger partial charge >= 0.3 is 0 Å². The van der Waals surface area contributed by atoms with Crippen LogP contribution in [-0.2, 0) is 0 Å². The zero-order chi connectivity index (χ0) is 21.2. The summed E-state index contributed by atoms with van der Waals surface area (Å²) in [6.07, 6.45) is 0.803. The van der Waals surface area contributed by atoms with E-state index in [-0.39, 0.29) is 11.1 Å². The Kier molecular flexibility index (Phi) is 4.01. The standard InChI is InChI=1S/C25H20F3NO/c1-13-12-25(2,3)29-19-9-8-16-15-6-4-5-7-20(15)30-24(22(16)21(13)19)14-10-17(26)23(28)18(27)11-14/h4-11,29H,12H2,1-3H3. The van der Waals surface area contributed by atoms with Crippen molar-refractivity contribution in [1.82, 2.24) is 0 Å². The Balaban J connectivity index is 1.95. The average Bonchev–Trinajstić information content (AvgIpc) is 2.69. The molecule has 0 bridgehead atoms. The molecule has 3 aromatic rings. The molecule has 0 saturated heterocycles. The number of nitrogens with one attached hydrogen (secondary N) is 1. The van der Waals surface area contributed by atoms with E-state index in [0.717, 1.165) is 51.4 Å². The van der Waals surface area contributed by atoms with Crippen LogP contribution in [0.1, 0.15) is 32.8 Å². The van der Waals surface area contributed by atoms with Crippen LogP contribution in [0.4, 0.5) is 18.9 Å². The summed E-state index contributed by atoms with van der Waals surface area (Å²) in [5.74, 6) is -3.07. The lowest BCUT2D eigenvalue weighted by molar-refractivity contribution is 0.444. The predicted molar refractivity (Wildman–Crippen MR) is 112 cm³/mol. The van der Waals surface area contributed by atoms with Crippen LogP contribution < -0.4 is 20.5 Å². The molecule has 0 atom stereocenters. The number of rotatable bonds is 1. The minimum Gasteiger partial charge on any atom is -0.455 e. The third-order valence-corrected chi connectivity index (χ3v) is 5.67. The molecule has 2 nitrogen and oxygen atoms in total. The Labute approximate surface area is 172 Å². The van der Waals surface area contributed by atoms with Crippen molar-refractivity contribution >= 4 is 17.0 Å². The number of halogens is 3. The van der Waals surface area contributed by atoms with Gasteiger partial charge in [-0.15, -0.1) is 0 Å². The summed E-state index contributed by atoms with van der Waals surface area (Å²) in [5, 5.41) is 5.27. The molecule has 0 saturated carbocycles. The number of hydrogen-bond donors (Lipinski definition) is 1. The van der Waals surface area contributed by atoms with Crippen LogP contribution in [-0.4, -0.2) is 5.54 Å². The van der Waals surface area contributed by atoms with Gasteiger partial charge in [-0.2, -0.15) is 0 Å². The first kappa shape index (κ1) is 18.8. The lowest BCUT2D eigenvalue weighted by Crippen LogP contribution is -2.45. The van der Waals surface area contributed by atoms with Gasteiger partial charge in [-0.3, -0.25) is 0 Å². The number of hydrogen-bond acceptors (Lipinski definition) is 2. The molecule has 5 heteroatoms. The molecule has 0 amide bonds. The largest absolute Gasteiger partial charge is 0.455 e. The molecule has 30 heavy (non-hydrogen) atoms. The van der Waals surface area contributed by atoms with Gasteiger partial charge in [-0.25, -0.2) is 13.2 Å². The third kappa shape index (κ3) is 2.80. The summed E-state index contributed by atoms with van der Waals surface area (Å²) in [4.78, 5) is 0. The molecule has 3 aromatic carbocycles. The molecule has 2 heterocycles.